The molecule has 2 heterocycles. The van der Waals surface area contributed by atoms with Crippen LogP contribution >= 0.6 is 0 Å². The number of primary amides is 1. The Morgan fingerprint density at radius 3 is 2.56 bits per heavy atom. The summed E-state index contributed by atoms with van der Waals surface area (Å²) in [5.41, 5.74) is 5.96. The van der Waals surface area contributed by atoms with Crippen molar-refractivity contribution in [3.05, 3.63) is 42.5 Å². The molecule has 2 fully saturated rings. The minimum Gasteiger partial charge on any atom is -0.370 e. The summed E-state index contributed by atoms with van der Waals surface area (Å²) in [4.78, 5) is 63.5. The number of hydrogen-bond acceptors (Lipinski definition) is 5. The van der Waals surface area contributed by atoms with Crippen molar-refractivity contribution in [1.29, 1.82) is 0 Å². The molecule has 0 spiro atoms. The summed E-state index contributed by atoms with van der Waals surface area (Å²) in [5.74, 6) is -2.45. The van der Waals surface area contributed by atoms with E-state index in [0.29, 0.717) is 31.5 Å². The van der Waals surface area contributed by atoms with Crippen molar-refractivity contribution in [3.8, 4) is 0 Å². The Morgan fingerprint density at radius 2 is 1.82 bits per heavy atom. The van der Waals surface area contributed by atoms with E-state index >= 15 is 0 Å². The Hall–Kier alpha value is -3.95. The lowest BCUT2D eigenvalue weighted by Gasteiger charge is -2.29. The van der Waals surface area contributed by atoms with Gasteiger partial charge in [0.1, 0.15) is 18.1 Å². The number of carbonyl (C=O) groups excluding carboxylic acids is 5. The Labute approximate surface area is 196 Å². The van der Waals surface area contributed by atoms with Crippen LogP contribution in [0.15, 0.2) is 42.5 Å². The molecular formula is C24H27N5O5. The van der Waals surface area contributed by atoms with Crippen LogP contribution in [0.5, 0.6) is 0 Å². The van der Waals surface area contributed by atoms with Crippen LogP contribution in [0.25, 0.3) is 10.8 Å². The predicted octanol–water partition coefficient (Wildman–Crippen LogP) is 0.408. The molecule has 0 saturated carbocycles. The van der Waals surface area contributed by atoms with Crippen LogP contribution < -0.4 is 21.7 Å². The van der Waals surface area contributed by atoms with Gasteiger partial charge in [-0.15, -0.1) is 0 Å². The Kier molecular flexibility index (Phi) is 6.76. The number of nitrogens with one attached hydrogen (secondary N) is 3. The van der Waals surface area contributed by atoms with E-state index in [2.05, 4.69) is 16.0 Å². The third-order valence-corrected chi connectivity index (χ3v) is 6.22. The Balaban J connectivity index is 1.48. The summed E-state index contributed by atoms with van der Waals surface area (Å²) in [5, 5.41) is 9.86. The van der Waals surface area contributed by atoms with Crippen molar-refractivity contribution < 1.29 is 24.0 Å². The van der Waals surface area contributed by atoms with Gasteiger partial charge in [-0.3, -0.25) is 24.0 Å². The lowest BCUT2D eigenvalue weighted by molar-refractivity contribution is -0.141. The van der Waals surface area contributed by atoms with Gasteiger partial charge in [0.05, 0.1) is 6.42 Å². The molecule has 2 aromatic rings. The van der Waals surface area contributed by atoms with Gasteiger partial charge in [-0.25, -0.2) is 0 Å². The highest BCUT2D eigenvalue weighted by molar-refractivity contribution is 6.05. The number of nitrogens with zero attached hydrogens (tertiary/aromatic N) is 1. The number of rotatable bonds is 7. The van der Waals surface area contributed by atoms with E-state index in [1.165, 1.54) is 4.90 Å². The number of benzene rings is 2. The van der Waals surface area contributed by atoms with Gasteiger partial charge in [0, 0.05) is 24.0 Å². The van der Waals surface area contributed by atoms with E-state index < -0.39 is 42.3 Å². The second-order valence-corrected chi connectivity index (χ2v) is 8.60. The Bertz CT molecular complexity index is 1140. The highest BCUT2D eigenvalue weighted by Crippen LogP contribution is 2.25. The number of likely N-dealkylation sites (tertiary alicyclic amines) is 1. The fourth-order valence-electron chi connectivity index (χ4n) is 4.54. The zero-order valence-corrected chi connectivity index (χ0v) is 18.6. The molecule has 0 aliphatic carbocycles. The second-order valence-electron chi connectivity index (χ2n) is 8.60. The molecule has 5 amide bonds. The number of nitrogens with two attached hydrogens (primary N) is 1. The first-order valence-corrected chi connectivity index (χ1v) is 11.3. The van der Waals surface area contributed by atoms with Crippen LogP contribution in [0.1, 0.15) is 32.1 Å². The van der Waals surface area contributed by atoms with Crippen LogP contribution in [0.3, 0.4) is 0 Å². The van der Waals surface area contributed by atoms with Gasteiger partial charge in [0.25, 0.3) is 0 Å². The molecule has 10 heteroatoms. The third kappa shape index (κ3) is 5.00. The molecule has 3 atom stereocenters. The first-order chi connectivity index (χ1) is 16.3. The van der Waals surface area contributed by atoms with E-state index in [0.717, 1.165) is 10.8 Å². The second kappa shape index (κ2) is 9.90. The van der Waals surface area contributed by atoms with Crippen molar-refractivity contribution in [2.75, 3.05) is 11.9 Å². The summed E-state index contributed by atoms with van der Waals surface area (Å²) in [6, 6.07) is 10.5. The molecule has 10 nitrogen and oxygen atoms in total. The smallest absolute Gasteiger partial charge is 0.247 e. The van der Waals surface area contributed by atoms with E-state index in [1.54, 1.807) is 6.07 Å². The fourth-order valence-corrected chi connectivity index (χ4v) is 4.54. The SMILES string of the molecule is NC(=O)CC(NC(=O)C1CCC(=O)N1)C(=O)N1CCCC1C(=O)Nc1cccc2ccccc12. The maximum atomic E-state index is 13.3. The molecule has 2 saturated heterocycles. The number of carbonyl (C=O) groups is 5. The molecular weight excluding hydrogens is 438 g/mol. The average Bonchev–Trinajstić information content (AvgIpc) is 3.47. The maximum Gasteiger partial charge on any atom is 0.247 e. The quantitative estimate of drug-likeness (QED) is 0.467. The minimum absolute atomic E-state index is 0.217. The molecule has 5 N–H and O–H groups in total. The lowest BCUT2D eigenvalue weighted by Crippen LogP contribution is -2.56. The standard InChI is InChI=1S/C24H27N5O5/c25-20(30)13-18(28-22(32)17-10-11-21(31)26-17)24(34)29-12-4-9-19(29)23(33)27-16-8-3-6-14-5-1-2-7-15(14)16/h1-3,5-8,17-19H,4,9-13H2,(H2,25,30)(H,26,31)(H,27,33)(H,28,32). The molecule has 3 unspecified atom stereocenters. The van der Waals surface area contributed by atoms with E-state index in [-0.39, 0.29) is 18.2 Å². The molecule has 2 aliphatic heterocycles. The van der Waals surface area contributed by atoms with Gasteiger partial charge >= 0.3 is 0 Å². The minimum atomic E-state index is -1.21. The van der Waals surface area contributed by atoms with E-state index in [9.17, 15) is 24.0 Å². The van der Waals surface area contributed by atoms with Gasteiger partial charge in [-0.1, -0.05) is 36.4 Å². The van der Waals surface area contributed by atoms with Crippen molar-refractivity contribution in [3.63, 3.8) is 0 Å². The number of amides is 5. The summed E-state index contributed by atoms with van der Waals surface area (Å²) < 4.78 is 0. The van der Waals surface area contributed by atoms with Crippen LogP contribution in [0, 0.1) is 0 Å². The summed E-state index contributed by atoms with van der Waals surface area (Å²) >= 11 is 0. The van der Waals surface area contributed by atoms with Crippen LogP contribution in [0.4, 0.5) is 5.69 Å². The highest BCUT2D eigenvalue weighted by Gasteiger charge is 2.39. The van der Waals surface area contributed by atoms with Crippen molar-refractivity contribution in [2.45, 2.75) is 50.2 Å². The topological polar surface area (TPSA) is 151 Å². The number of anilines is 1. The van der Waals surface area contributed by atoms with Gasteiger partial charge in [-0.05, 0) is 30.7 Å². The van der Waals surface area contributed by atoms with Crippen LogP contribution in [-0.4, -0.2) is 59.1 Å². The van der Waals surface area contributed by atoms with Crippen LogP contribution in [-0.2, 0) is 24.0 Å². The van der Waals surface area contributed by atoms with Gasteiger partial charge in [0.15, 0.2) is 0 Å². The number of fused-ring (bicyclic) bond motifs is 1. The van der Waals surface area contributed by atoms with E-state index in [4.69, 9.17) is 5.73 Å². The zero-order chi connectivity index (χ0) is 24.2. The van der Waals surface area contributed by atoms with E-state index in [1.807, 2.05) is 36.4 Å². The molecule has 0 bridgehead atoms. The molecule has 2 aliphatic rings. The average molecular weight is 466 g/mol. The van der Waals surface area contributed by atoms with Gasteiger partial charge in [-0.2, -0.15) is 0 Å². The Morgan fingerprint density at radius 1 is 1.06 bits per heavy atom. The molecule has 4 rings (SSSR count). The lowest BCUT2D eigenvalue weighted by atomic mass is 10.1. The normalized spacial score (nSPS) is 20.6. The monoisotopic (exact) mass is 465 g/mol. The third-order valence-electron chi connectivity index (χ3n) is 6.22. The molecule has 34 heavy (non-hydrogen) atoms. The van der Waals surface area contributed by atoms with Gasteiger partial charge in [0.2, 0.25) is 29.5 Å². The predicted molar refractivity (Wildman–Crippen MR) is 124 cm³/mol. The zero-order valence-electron chi connectivity index (χ0n) is 18.6. The van der Waals surface area contributed by atoms with Crippen molar-refractivity contribution in [2.24, 2.45) is 5.73 Å². The molecule has 178 valence electrons. The summed E-state index contributed by atoms with van der Waals surface area (Å²) in [6.45, 7) is 0.317. The van der Waals surface area contributed by atoms with Crippen molar-refractivity contribution in [1.82, 2.24) is 15.5 Å². The molecule has 2 aromatic carbocycles. The fraction of sp³-hybridized carbons (Fsp3) is 0.375. The largest absolute Gasteiger partial charge is 0.370 e. The first-order valence-electron chi connectivity index (χ1n) is 11.3. The maximum absolute atomic E-state index is 13.3. The molecule has 0 radical (unpaired) electrons. The summed E-state index contributed by atoms with van der Waals surface area (Å²) in [7, 11) is 0. The van der Waals surface area contributed by atoms with Gasteiger partial charge < -0.3 is 26.6 Å². The summed E-state index contributed by atoms with van der Waals surface area (Å²) in [6.07, 6.45) is 1.18. The molecule has 0 aromatic heterocycles. The highest BCUT2D eigenvalue weighted by atomic mass is 16.2. The van der Waals surface area contributed by atoms with Crippen LogP contribution in [0.2, 0.25) is 0 Å². The van der Waals surface area contributed by atoms with Crippen molar-refractivity contribution >= 4 is 46.0 Å². The first kappa shape index (κ1) is 23.2. The number of hydrogen-bond donors (Lipinski definition) is 4.